The van der Waals surface area contributed by atoms with Gasteiger partial charge in [0.2, 0.25) is 10.0 Å². The summed E-state index contributed by atoms with van der Waals surface area (Å²) in [6.45, 7) is 1.81. The number of hydrogen-bond donors (Lipinski definition) is 1. The minimum absolute atomic E-state index is 0.0210. The fourth-order valence-electron chi connectivity index (χ4n) is 3.56. The first-order valence-corrected chi connectivity index (χ1v) is 10.9. The third-order valence-corrected chi connectivity index (χ3v) is 7.16. The van der Waals surface area contributed by atoms with Crippen LogP contribution in [0.25, 0.3) is 22.3 Å². The molecular formula is C21H22N2O6S. The fraction of sp³-hybridized carbons (Fsp3) is 0.286. The molecule has 2 aromatic carbocycles. The van der Waals surface area contributed by atoms with Gasteiger partial charge in [0.05, 0.1) is 7.11 Å². The van der Waals surface area contributed by atoms with Crippen LogP contribution in [0, 0.1) is 0 Å². The van der Waals surface area contributed by atoms with Crippen LogP contribution in [0.5, 0.6) is 11.5 Å². The molecule has 9 heteroatoms. The van der Waals surface area contributed by atoms with Gasteiger partial charge in [-0.05, 0) is 7.05 Å². The predicted molar refractivity (Wildman–Crippen MR) is 112 cm³/mol. The van der Waals surface area contributed by atoms with Crippen LogP contribution < -0.4 is 10.2 Å². The smallest absolute Gasteiger partial charge is 0.247 e. The first-order valence-electron chi connectivity index (χ1n) is 9.45. The second-order valence-corrected chi connectivity index (χ2v) is 9.08. The molecule has 0 aliphatic carbocycles. The summed E-state index contributed by atoms with van der Waals surface area (Å²) in [5.74, 6) is -0.530. The molecule has 3 aromatic rings. The van der Waals surface area contributed by atoms with Crippen LogP contribution in [0.3, 0.4) is 0 Å². The van der Waals surface area contributed by atoms with Crippen molar-refractivity contribution in [3.05, 3.63) is 52.7 Å². The van der Waals surface area contributed by atoms with E-state index in [2.05, 4.69) is 0 Å². The standard InChI is InChI=1S/C21H22N2O6S/c1-22-8-10-23(11-9-22)30(26,27)18-13-17-19(20(25)21(18)28-2)15(24)12-16(29-17)14-6-4-3-5-7-14/h3-7,12-13,25H,8-11H2,1-2H3. The van der Waals surface area contributed by atoms with E-state index < -0.39 is 21.2 Å². The average molecular weight is 430 g/mol. The number of likely N-dealkylation sites (N-methyl/N-ethyl adjacent to an activating group) is 1. The van der Waals surface area contributed by atoms with Crippen molar-refractivity contribution in [2.75, 3.05) is 40.3 Å². The summed E-state index contributed by atoms with van der Waals surface area (Å²) in [7, 11) is -0.796. The lowest BCUT2D eigenvalue weighted by molar-refractivity contribution is 0.222. The summed E-state index contributed by atoms with van der Waals surface area (Å²) >= 11 is 0. The monoisotopic (exact) mass is 430 g/mol. The Labute approximate surface area is 174 Å². The largest absolute Gasteiger partial charge is 0.504 e. The highest BCUT2D eigenvalue weighted by molar-refractivity contribution is 7.89. The molecule has 1 fully saturated rings. The number of rotatable bonds is 4. The summed E-state index contributed by atoms with van der Waals surface area (Å²) in [5.41, 5.74) is 0.150. The number of ether oxygens (including phenoxy) is 1. The first kappa shape index (κ1) is 20.4. The Morgan fingerprint density at radius 3 is 2.37 bits per heavy atom. The van der Waals surface area contributed by atoms with E-state index in [1.807, 2.05) is 18.0 Å². The zero-order valence-corrected chi connectivity index (χ0v) is 17.5. The minimum Gasteiger partial charge on any atom is -0.504 e. The van der Waals surface area contributed by atoms with Crippen LogP contribution in [0.2, 0.25) is 0 Å². The van der Waals surface area contributed by atoms with E-state index in [4.69, 9.17) is 9.15 Å². The summed E-state index contributed by atoms with van der Waals surface area (Å²) in [5, 5.41) is 10.6. The maximum Gasteiger partial charge on any atom is 0.247 e. The van der Waals surface area contributed by atoms with Crippen molar-refractivity contribution in [3.63, 3.8) is 0 Å². The van der Waals surface area contributed by atoms with Crippen molar-refractivity contribution in [1.82, 2.24) is 9.21 Å². The van der Waals surface area contributed by atoms with Crippen molar-refractivity contribution in [2.24, 2.45) is 0 Å². The van der Waals surface area contributed by atoms with Crippen LogP contribution in [0.4, 0.5) is 0 Å². The maximum atomic E-state index is 13.3. The lowest BCUT2D eigenvalue weighted by atomic mass is 10.1. The Morgan fingerprint density at radius 2 is 1.73 bits per heavy atom. The van der Waals surface area contributed by atoms with E-state index in [1.165, 1.54) is 23.5 Å². The van der Waals surface area contributed by atoms with E-state index in [9.17, 15) is 18.3 Å². The molecule has 0 saturated carbocycles. The quantitative estimate of drug-likeness (QED) is 0.677. The molecule has 0 unspecified atom stereocenters. The number of phenols is 1. The molecule has 0 spiro atoms. The molecule has 1 saturated heterocycles. The van der Waals surface area contributed by atoms with Gasteiger partial charge in [0, 0.05) is 43.9 Å². The van der Waals surface area contributed by atoms with Gasteiger partial charge in [-0.3, -0.25) is 4.79 Å². The Bertz CT molecular complexity index is 1250. The van der Waals surface area contributed by atoms with Crippen LogP contribution >= 0.6 is 0 Å². The summed E-state index contributed by atoms with van der Waals surface area (Å²) in [4.78, 5) is 14.5. The highest BCUT2D eigenvalue weighted by Gasteiger charge is 2.33. The number of nitrogens with zero attached hydrogens (tertiary/aromatic N) is 2. The molecule has 158 valence electrons. The van der Waals surface area contributed by atoms with E-state index in [0.29, 0.717) is 31.7 Å². The second-order valence-electron chi connectivity index (χ2n) is 7.18. The topological polar surface area (TPSA) is 100 Å². The number of piperazine rings is 1. The number of methoxy groups -OCH3 is 1. The molecule has 30 heavy (non-hydrogen) atoms. The summed E-state index contributed by atoms with van der Waals surface area (Å²) in [6.07, 6.45) is 0. The van der Waals surface area contributed by atoms with Crippen LogP contribution in [-0.2, 0) is 10.0 Å². The van der Waals surface area contributed by atoms with Gasteiger partial charge in [0.25, 0.3) is 0 Å². The van der Waals surface area contributed by atoms with Gasteiger partial charge < -0.3 is 19.2 Å². The first-order chi connectivity index (χ1) is 14.3. The summed E-state index contributed by atoms with van der Waals surface area (Å²) < 4.78 is 39.0. The molecule has 0 bridgehead atoms. The number of phenolic OH excluding ortho intramolecular Hbond substituents is 1. The number of benzene rings is 2. The van der Waals surface area contributed by atoms with Gasteiger partial charge in [-0.2, -0.15) is 4.31 Å². The SMILES string of the molecule is COc1c(S(=O)(=O)N2CCN(C)CC2)cc2oc(-c3ccccc3)cc(=O)c2c1O. The van der Waals surface area contributed by atoms with Crippen LogP contribution in [0.15, 0.2) is 56.6 Å². The van der Waals surface area contributed by atoms with Crippen molar-refractivity contribution < 1.29 is 22.7 Å². The molecule has 1 N–H and O–H groups in total. The molecule has 1 aliphatic rings. The summed E-state index contributed by atoms with van der Waals surface area (Å²) in [6, 6.07) is 11.5. The molecule has 0 radical (unpaired) electrons. The Hall–Kier alpha value is -2.88. The van der Waals surface area contributed by atoms with Crippen molar-refractivity contribution in [1.29, 1.82) is 0 Å². The van der Waals surface area contributed by atoms with Gasteiger partial charge >= 0.3 is 0 Å². The van der Waals surface area contributed by atoms with E-state index >= 15 is 0 Å². The molecule has 8 nitrogen and oxygen atoms in total. The molecule has 1 aromatic heterocycles. The number of fused-ring (bicyclic) bond motifs is 1. The predicted octanol–water partition coefficient (Wildman–Crippen LogP) is 2.11. The third-order valence-electron chi connectivity index (χ3n) is 5.26. The highest BCUT2D eigenvalue weighted by atomic mass is 32.2. The second kappa shape index (κ2) is 7.75. The van der Waals surface area contributed by atoms with Gasteiger partial charge in [0.15, 0.2) is 16.9 Å². The molecule has 1 aliphatic heterocycles. The van der Waals surface area contributed by atoms with E-state index in [0.717, 1.165) is 0 Å². The van der Waals surface area contributed by atoms with Crippen molar-refractivity contribution in [3.8, 4) is 22.8 Å². The minimum atomic E-state index is -3.97. The maximum absolute atomic E-state index is 13.3. The molecule has 2 heterocycles. The number of hydrogen-bond acceptors (Lipinski definition) is 7. The van der Waals surface area contributed by atoms with Crippen LogP contribution in [0.1, 0.15) is 0 Å². The van der Waals surface area contributed by atoms with Crippen molar-refractivity contribution in [2.45, 2.75) is 4.90 Å². The Kier molecular flexibility index (Phi) is 5.27. The normalized spacial score (nSPS) is 16.1. The van der Waals surface area contributed by atoms with Crippen LogP contribution in [-0.4, -0.2) is 63.1 Å². The molecule has 0 atom stereocenters. The molecule has 0 amide bonds. The van der Waals surface area contributed by atoms with Gasteiger partial charge in [0.1, 0.15) is 21.6 Å². The Balaban J connectivity index is 1.93. The van der Waals surface area contributed by atoms with Gasteiger partial charge in [-0.25, -0.2) is 8.42 Å². The molecule has 4 rings (SSSR count). The lowest BCUT2D eigenvalue weighted by Gasteiger charge is -2.31. The van der Waals surface area contributed by atoms with Gasteiger partial charge in [-0.1, -0.05) is 30.3 Å². The average Bonchev–Trinajstić information content (AvgIpc) is 2.74. The van der Waals surface area contributed by atoms with Gasteiger partial charge in [-0.15, -0.1) is 0 Å². The van der Waals surface area contributed by atoms with Crippen molar-refractivity contribution >= 4 is 21.0 Å². The number of sulfonamides is 1. The Morgan fingerprint density at radius 1 is 1.07 bits per heavy atom. The highest BCUT2D eigenvalue weighted by Crippen LogP contribution is 2.41. The fourth-order valence-corrected chi connectivity index (χ4v) is 5.16. The van der Waals surface area contributed by atoms with E-state index in [-0.39, 0.29) is 27.4 Å². The zero-order valence-electron chi connectivity index (χ0n) is 16.7. The zero-order chi connectivity index (χ0) is 21.5. The lowest BCUT2D eigenvalue weighted by Crippen LogP contribution is -2.47. The van der Waals surface area contributed by atoms with E-state index in [1.54, 1.807) is 24.3 Å². The molecular weight excluding hydrogens is 408 g/mol. The third kappa shape index (κ3) is 3.45. The number of aromatic hydroxyl groups is 1.